The van der Waals surface area contributed by atoms with Crippen LogP contribution in [-0.2, 0) is 14.3 Å². The average Bonchev–Trinajstić information content (AvgIpc) is 2.73. The van der Waals surface area contributed by atoms with Crippen molar-refractivity contribution in [1.82, 2.24) is 0 Å². The van der Waals surface area contributed by atoms with Crippen molar-refractivity contribution >= 4 is 5.97 Å². The van der Waals surface area contributed by atoms with E-state index in [1.165, 1.54) is 56.9 Å². The molecule has 0 heterocycles. The highest BCUT2D eigenvalue weighted by molar-refractivity contribution is 5.86. The topological polar surface area (TPSA) is 35.5 Å². The molecule has 0 N–H and O–H groups in total. The van der Waals surface area contributed by atoms with E-state index in [9.17, 15) is 4.79 Å². The van der Waals surface area contributed by atoms with E-state index >= 15 is 0 Å². The summed E-state index contributed by atoms with van der Waals surface area (Å²) in [5.41, 5.74) is 1.33. The predicted octanol–water partition coefficient (Wildman–Crippen LogP) is 6.65. The van der Waals surface area contributed by atoms with Crippen LogP contribution in [0.15, 0.2) is 36.0 Å². The smallest absolute Gasteiger partial charge is 0.333 e. The van der Waals surface area contributed by atoms with Crippen LogP contribution in [0.3, 0.4) is 0 Å². The van der Waals surface area contributed by atoms with Crippen LogP contribution in [0.25, 0.3) is 0 Å². The largest absolute Gasteiger partial charge is 0.461 e. The SMILES string of the molecule is C=C(C)C(=O)OCC(C)(COC)C1=CCC(C2CCC(CCCCC)CC2)C=C1. The molecule has 1 fully saturated rings. The summed E-state index contributed by atoms with van der Waals surface area (Å²) in [6, 6.07) is 0. The standard InChI is InChI=1S/C26H42O3/c1-6-7-8-9-21-10-12-22(13-11-21)23-14-16-24(17-15-23)26(4,18-28-5)19-29-25(27)20(2)3/h14,16-17,21-23H,2,6-13,15,18-19H2,1,3-5H3. The van der Waals surface area contributed by atoms with E-state index in [1.807, 2.05) is 0 Å². The van der Waals surface area contributed by atoms with E-state index in [-0.39, 0.29) is 11.4 Å². The summed E-state index contributed by atoms with van der Waals surface area (Å²) in [7, 11) is 1.70. The maximum absolute atomic E-state index is 11.8. The van der Waals surface area contributed by atoms with Gasteiger partial charge in [-0.1, -0.05) is 77.2 Å². The van der Waals surface area contributed by atoms with Gasteiger partial charge in [0.1, 0.15) is 6.61 Å². The van der Waals surface area contributed by atoms with Crippen LogP contribution in [0.1, 0.15) is 78.6 Å². The number of esters is 1. The fraction of sp³-hybridized carbons (Fsp3) is 0.731. The van der Waals surface area contributed by atoms with Crippen molar-refractivity contribution in [3.8, 4) is 0 Å². The molecule has 2 atom stereocenters. The van der Waals surface area contributed by atoms with Gasteiger partial charge in [-0.2, -0.15) is 0 Å². The van der Waals surface area contributed by atoms with Crippen molar-refractivity contribution in [2.24, 2.45) is 23.2 Å². The summed E-state index contributed by atoms with van der Waals surface area (Å²) in [5.74, 6) is 2.10. The molecule has 0 aromatic heterocycles. The zero-order valence-electron chi connectivity index (χ0n) is 19.2. The van der Waals surface area contributed by atoms with E-state index in [0.29, 0.717) is 24.7 Å². The Kier molecular flexibility index (Phi) is 9.68. The summed E-state index contributed by atoms with van der Waals surface area (Å²) in [5, 5.41) is 0. The number of hydrogen-bond donors (Lipinski definition) is 0. The molecule has 3 nitrogen and oxygen atoms in total. The Balaban J connectivity index is 1.87. The summed E-state index contributed by atoms with van der Waals surface area (Å²) in [4.78, 5) is 11.8. The minimum absolute atomic E-state index is 0.316. The molecule has 0 bridgehead atoms. The van der Waals surface area contributed by atoms with Gasteiger partial charge < -0.3 is 9.47 Å². The van der Waals surface area contributed by atoms with E-state index in [2.05, 4.69) is 38.7 Å². The monoisotopic (exact) mass is 402 g/mol. The second-order valence-corrected chi connectivity index (χ2v) is 9.54. The Bertz CT molecular complexity index is 595. The van der Waals surface area contributed by atoms with Crippen molar-refractivity contribution in [1.29, 1.82) is 0 Å². The Hall–Kier alpha value is -1.35. The van der Waals surface area contributed by atoms with Gasteiger partial charge in [-0.05, 0) is 49.5 Å². The second-order valence-electron chi connectivity index (χ2n) is 9.54. The molecule has 0 radical (unpaired) electrons. The van der Waals surface area contributed by atoms with Crippen LogP contribution in [0.2, 0.25) is 0 Å². The number of allylic oxidation sites excluding steroid dienone is 3. The summed E-state index contributed by atoms with van der Waals surface area (Å²) < 4.78 is 10.9. The van der Waals surface area contributed by atoms with Crippen LogP contribution in [0.4, 0.5) is 0 Å². The van der Waals surface area contributed by atoms with Gasteiger partial charge >= 0.3 is 5.97 Å². The number of methoxy groups -OCH3 is 1. The fourth-order valence-electron chi connectivity index (χ4n) is 4.90. The lowest BCUT2D eigenvalue weighted by molar-refractivity contribution is -0.142. The summed E-state index contributed by atoms with van der Waals surface area (Å²) >= 11 is 0. The molecule has 2 aliphatic carbocycles. The molecule has 29 heavy (non-hydrogen) atoms. The molecule has 3 heteroatoms. The highest BCUT2D eigenvalue weighted by Gasteiger charge is 2.33. The third-order valence-corrected chi connectivity index (χ3v) is 6.88. The zero-order valence-corrected chi connectivity index (χ0v) is 19.2. The quantitative estimate of drug-likeness (QED) is 0.220. The third-order valence-electron chi connectivity index (χ3n) is 6.88. The highest BCUT2D eigenvalue weighted by atomic mass is 16.5. The van der Waals surface area contributed by atoms with Crippen molar-refractivity contribution in [3.05, 3.63) is 36.0 Å². The normalized spacial score (nSPS) is 26.5. The van der Waals surface area contributed by atoms with Crippen molar-refractivity contribution in [2.75, 3.05) is 20.3 Å². The molecule has 0 amide bonds. The van der Waals surface area contributed by atoms with Crippen molar-refractivity contribution < 1.29 is 14.3 Å². The number of ether oxygens (including phenoxy) is 2. The maximum Gasteiger partial charge on any atom is 0.333 e. The molecule has 1 saturated carbocycles. The molecule has 2 rings (SSSR count). The molecule has 0 aliphatic heterocycles. The van der Waals surface area contributed by atoms with Gasteiger partial charge in [0, 0.05) is 18.1 Å². The van der Waals surface area contributed by atoms with Crippen LogP contribution < -0.4 is 0 Å². The Morgan fingerprint density at radius 2 is 1.93 bits per heavy atom. The number of carbonyl (C=O) groups is 1. The lowest BCUT2D eigenvalue weighted by Crippen LogP contribution is -2.33. The minimum Gasteiger partial charge on any atom is -0.461 e. The first-order chi connectivity index (χ1) is 13.9. The van der Waals surface area contributed by atoms with Crippen LogP contribution in [0.5, 0.6) is 0 Å². The van der Waals surface area contributed by atoms with Gasteiger partial charge in [0.2, 0.25) is 0 Å². The molecule has 2 unspecified atom stereocenters. The van der Waals surface area contributed by atoms with Gasteiger partial charge in [-0.15, -0.1) is 0 Å². The van der Waals surface area contributed by atoms with E-state index < -0.39 is 0 Å². The number of unbranched alkanes of at least 4 members (excludes halogenated alkanes) is 2. The van der Waals surface area contributed by atoms with E-state index in [4.69, 9.17) is 9.47 Å². The third kappa shape index (κ3) is 7.13. The van der Waals surface area contributed by atoms with Crippen molar-refractivity contribution in [3.63, 3.8) is 0 Å². The summed E-state index contributed by atoms with van der Waals surface area (Å²) in [6.07, 6.45) is 19.2. The number of carbonyl (C=O) groups excluding carboxylic acids is 1. The first-order valence-corrected chi connectivity index (χ1v) is 11.6. The maximum atomic E-state index is 11.8. The fourth-order valence-corrected chi connectivity index (χ4v) is 4.90. The number of hydrogen-bond acceptors (Lipinski definition) is 3. The van der Waals surface area contributed by atoms with Gasteiger partial charge in [-0.3, -0.25) is 0 Å². The van der Waals surface area contributed by atoms with Gasteiger partial charge in [0.05, 0.1) is 6.61 Å². The van der Waals surface area contributed by atoms with Crippen LogP contribution in [0, 0.1) is 23.2 Å². The Labute approximate surface area is 178 Å². The highest BCUT2D eigenvalue weighted by Crippen LogP contribution is 2.41. The molecular formula is C26H42O3. The van der Waals surface area contributed by atoms with E-state index in [1.54, 1.807) is 14.0 Å². The summed E-state index contributed by atoms with van der Waals surface area (Å²) in [6.45, 7) is 10.6. The predicted molar refractivity (Wildman–Crippen MR) is 121 cm³/mol. The van der Waals surface area contributed by atoms with E-state index in [0.717, 1.165) is 18.3 Å². The first kappa shape index (κ1) is 23.9. The van der Waals surface area contributed by atoms with Gasteiger partial charge in [0.15, 0.2) is 0 Å². The van der Waals surface area contributed by atoms with Gasteiger partial charge in [0.25, 0.3) is 0 Å². The molecule has 164 valence electrons. The first-order valence-electron chi connectivity index (χ1n) is 11.6. The minimum atomic E-state index is -0.332. The van der Waals surface area contributed by atoms with Crippen LogP contribution >= 0.6 is 0 Å². The molecule has 0 aromatic rings. The molecule has 2 aliphatic rings. The Morgan fingerprint density at radius 1 is 1.21 bits per heavy atom. The molecule has 0 spiro atoms. The number of rotatable bonds is 11. The van der Waals surface area contributed by atoms with Crippen molar-refractivity contribution in [2.45, 2.75) is 78.6 Å². The zero-order chi connectivity index (χ0) is 21.3. The average molecular weight is 403 g/mol. The molecule has 0 saturated heterocycles. The lowest BCUT2D eigenvalue weighted by atomic mass is 9.71. The van der Waals surface area contributed by atoms with Gasteiger partial charge in [-0.25, -0.2) is 4.79 Å². The van der Waals surface area contributed by atoms with Crippen LogP contribution in [-0.4, -0.2) is 26.3 Å². The molecule has 0 aromatic carbocycles. The lowest BCUT2D eigenvalue weighted by Gasteiger charge is -2.36. The Morgan fingerprint density at radius 3 is 2.48 bits per heavy atom. The molecular weight excluding hydrogens is 360 g/mol. The second kappa shape index (κ2) is 11.7.